The van der Waals surface area contributed by atoms with Crippen LogP contribution in [0.4, 0.5) is 0 Å². The second kappa shape index (κ2) is 8.24. The normalized spacial score (nSPS) is 27.5. The molecule has 3 atom stereocenters. The molecule has 118 valence electrons. The summed E-state index contributed by atoms with van der Waals surface area (Å²) >= 11 is 2.10. The first-order chi connectivity index (χ1) is 10.1. The lowest BCUT2D eigenvalue weighted by Gasteiger charge is -2.31. The van der Waals surface area contributed by atoms with E-state index in [1.54, 1.807) is 0 Å². The summed E-state index contributed by atoms with van der Waals surface area (Å²) in [5, 5.41) is 4.39. The fourth-order valence-corrected chi connectivity index (χ4v) is 5.09. The topological polar surface area (TPSA) is 12.0 Å². The molecule has 3 unspecified atom stereocenters. The van der Waals surface area contributed by atoms with E-state index < -0.39 is 0 Å². The second-order valence-electron chi connectivity index (χ2n) is 6.91. The van der Waals surface area contributed by atoms with E-state index >= 15 is 0 Å². The molecular weight excluding hydrogens is 274 g/mol. The van der Waals surface area contributed by atoms with Crippen LogP contribution in [0.5, 0.6) is 0 Å². The van der Waals surface area contributed by atoms with Gasteiger partial charge < -0.3 is 5.32 Å². The molecule has 0 amide bonds. The number of hydrogen-bond acceptors (Lipinski definition) is 2. The van der Waals surface area contributed by atoms with E-state index in [-0.39, 0.29) is 0 Å². The first-order valence-corrected chi connectivity index (χ1v) is 9.46. The van der Waals surface area contributed by atoms with Gasteiger partial charge in [-0.3, -0.25) is 0 Å². The van der Waals surface area contributed by atoms with Gasteiger partial charge in [-0.15, -0.1) is 11.8 Å². The van der Waals surface area contributed by atoms with Crippen molar-refractivity contribution in [1.29, 1.82) is 0 Å². The van der Waals surface area contributed by atoms with Crippen molar-refractivity contribution in [1.82, 2.24) is 5.32 Å². The van der Waals surface area contributed by atoms with Crippen LogP contribution in [0.15, 0.2) is 29.2 Å². The summed E-state index contributed by atoms with van der Waals surface area (Å²) in [6.45, 7) is 10.4. The maximum Gasteiger partial charge on any atom is 0.0292 e. The highest BCUT2D eigenvalue weighted by molar-refractivity contribution is 8.00. The smallest absolute Gasteiger partial charge is 0.0292 e. The predicted molar refractivity (Wildman–Crippen MR) is 95.0 cm³/mol. The molecule has 1 fully saturated rings. The van der Waals surface area contributed by atoms with Crippen molar-refractivity contribution in [2.24, 2.45) is 11.8 Å². The number of thioether (sulfide) groups is 1. The Morgan fingerprint density at radius 1 is 1.19 bits per heavy atom. The molecule has 1 aromatic rings. The number of hydrogen-bond donors (Lipinski definition) is 1. The van der Waals surface area contributed by atoms with Crippen molar-refractivity contribution in [3.63, 3.8) is 0 Å². The summed E-state index contributed by atoms with van der Waals surface area (Å²) in [6, 6.07) is 9.60. The van der Waals surface area contributed by atoms with Crippen LogP contribution in [0.25, 0.3) is 0 Å². The minimum Gasteiger partial charge on any atom is -0.310 e. The number of nitrogens with one attached hydrogen (secondary N) is 1. The van der Waals surface area contributed by atoms with Gasteiger partial charge in [-0.05, 0) is 68.7 Å². The van der Waals surface area contributed by atoms with Crippen LogP contribution < -0.4 is 5.32 Å². The molecule has 0 aromatic heterocycles. The van der Waals surface area contributed by atoms with Crippen LogP contribution in [0.3, 0.4) is 0 Å². The van der Waals surface area contributed by atoms with E-state index in [0.717, 1.165) is 23.6 Å². The van der Waals surface area contributed by atoms with E-state index in [4.69, 9.17) is 0 Å². The molecule has 21 heavy (non-hydrogen) atoms. The van der Waals surface area contributed by atoms with Crippen LogP contribution in [0, 0.1) is 11.8 Å². The standard InChI is InChI=1S/C19H31NS/c1-5-9-20-16(4)17-7-6-8-18(13-17)21-19-11-14(2)10-15(3)12-19/h6-8,13-16,19-20H,5,9-12H2,1-4H3. The minimum absolute atomic E-state index is 0.453. The van der Waals surface area contributed by atoms with Crippen molar-refractivity contribution < 1.29 is 0 Å². The molecule has 2 heteroatoms. The van der Waals surface area contributed by atoms with Crippen LogP contribution in [0.2, 0.25) is 0 Å². The Labute approximate surface area is 135 Å². The Bertz CT molecular complexity index is 421. The summed E-state index contributed by atoms with van der Waals surface area (Å²) in [5.74, 6) is 1.78. The highest BCUT2D eigenvalue weighted by Gasteiger charge is 2.24. The Morgan fingerprint density at radius 3 is 2.57 bits per heavy atom. The fraction of sp³-hybridized carbons (Fsp3) is 0.684. The Hall–Kier alpha value is -0.470. The first kappa shape index (κ1) is 16.9. The summed E-state index contributed by atoms with van der Waals surface area (Å²) in [5.41, 5.74) is 1.42. The van der Waals surface area contributed by atoms with Gasteiger partial charge in [0.2, 0.25) is 0 Å². The molecule has 1 saturated carbocycles. The molecule has 0 saturated heterocycles. The third-order valence-corrected chi connectivity index (χ3v) is 5.74. The average Bonchev–Trinajstić information content (AvgIpc) is 2.44. The van der Waals surface area contributed by atoms with Crippen LogP contribution in [-0.4, -0.2) is 11.8 Å². The van der Waals surface area contributed by atoms with E-state index in [9.17, 15) is 0 Å². The predicted octanol–water partition coefficient (Wildman–Crippen LogP) is 5.66. The van der Waals surface area contributed by atoms with E-state index in [1.807, 2.05) is 0 Å². The average molecular weight is 306 g/mol. The summed E-state index contributed by atoms with van der Waals surface area (Å²) in [7, 11) is 0. The molecule has 2 rings (SSSR count). The Kier molecular flexibility index (Phi) is 6.63. The molecule has 0 bridgehead atoms. The lowest BCUT2D eigenvalue weighted by molar-refractivity contribution is 0.309. The maximum atomic E-state index is 3.58. The van der Waals surface area contributed by atoms with Gasteiger partial charge in [0.1, 0.15) is 0 Å². The number of benzene rings is 1. The highest BCUT2D eigenvalue weighted by Crippen LogP contribution is 2.39. The van der Waals surface area contributed by atoms with Crippen LogP contribution in [0.1, 0.15) is 65.0 Å². The third-order valence-electron chi connectivity index (χ3n) is 4.50. The molecule has 1 nitrogen and oxygen atoms in total. The van der Waals surface area contributed by atoms with Gasteiger partial charge in [0.05, 0.1) is 0 Å². The summed E-state index contributed by atoms with van der Waals surface area (Å²) < 4.78 is 0. The summed E-state index contributed by atoms with van der Waals surface area (Å²) in [6.07, 6.45) is 5.36. The molecule has 1 aliphatic carbocycles. The van der Waals surface area contributed by atoms with Crippen molar-refractivity contribution in [3.05, 3.63) is 29.8 Å². The van der Waals surface area contributed by atoms with Crippen molar-refractivity contribution in [2.45, 2.75) is 69.6 Å². The van der Waals surface area contributed by atoms with Gasteiger partial charge in [-0.1, -0.05) is 32.9 Å². The SMILES string of the molecule is CCCNC(C)c1cccc(SC2CC(C)CC(C)C2)c1. The molecule has 0 radical (unpaired) electrons. The van der Waals surface area contributed by atoms with Crippen LogP contribution in [-0.2, 0) is 0 Å². The lowest BCUT2D eigenvalue weighted by Crippen LogP contribution is -2.21. The molecule has 1 aromatic carbocycles. The Balaban J connectivity index is 1.97. The van der Waals surface area contributed by atoms with Crippen molar-refractivity contribution in [3.8, 4) is 0 Å². The van der Waals surface area contributed by atoms with Gasteiger partial charge >= 0.3 is 0 Å². The quantitative estimate of drug-likeness (QED) is 0.727. The lowest BCUT2D eigenvalue weighted by atomic mass is 9.83. The van der Waals surface area contributed by atoms with E-state index in [1.165, 1.54) is 36.1 Å². The molecule has 0 spiro atoms. The minimum atomic E-state index is 0.453. The van der Waals surface area contributed by atoms with Gasteiger partial charge in [0.15, 0.2) is 0 Å². The van der Waals surface area contributed by atoms with Crippen molar-refractivity contribution >= 4 is 11.8 Å². The molecule has 0 aliphatic heterocycles. The number of rotatable bonds is 6. The van der Waals surface area contributed by atoms with Gasteiger partial charge in [0, 0.05) is 16.2 Å². The zero-order chi connectivity index (χ0) is 15.2. The fourth-order valence-electron chi connectivity index (χ4n) is 3.50. The zero-order valence-corrected chi connectivity index (χ0v) is 14.9. The zero-order valence-electron chi connectivity index (χ0n) is 14.1. The van der Waals surface area contributed by atoms with Gasteiger partial charge in [0.25, 0.3) is 0 Å². The monoisotopic (exact) mass is 305 g/mol. The molecule has 0 heterocycles. The molecule has 1 aliphatic rings. The third kappa shape index (κ3) is 5.34. The molecular formula is C19H31NS. The van der Waals surface area contributed by atoms with E-state index in [0.29, 0.717) is 6.04 Å². The Morgan fingerprint density at radius 2 is 1.90 bits per heavy atom. The van der Waals surface area contributed by atoms with Crippen molar-refractivity contribution in [2.75, 3.05) is 6.54 Å². The van der Waals surface area contributed by atoms with Gasteiger partial charge in [-0.25, -0.2) is 0 Å². The van der Waals surface area contributed by atoms with E-state index in [2.05, 4.69) is 69.0 Å². The van der Waals surface area contributed by atoms with Crippen LogP contribution >= 0.6 is 11.8 Å². The largest absolute Gasteiger partial charge is 0.310 e. The maximum absolute atomic E-state index is 3.58. The highest BCUT2D eigenvalue weighted by atomic mass is 32.2. The van der Waals surface area contributed by atoms with Gasteiger partial charge in [-0.2, -0.15) is 0 Å². The molecule has 1 N–H and O–H groups in total. The summed E-state index contributed by atoms with van der Waals surface area (Å²) in [4.78, 5) is 1.45. The second-order valence-corrected chi connectivity index (χ2v) is 8.28. The first-order valence-electron chi connectivity index (χ1n) is 8.58.